The quantitative estimate of drug-likeness (QED) is 0.561. The summed E-state index contributed by atoms with van der Waals surface area (Å²) in [6.07, 6.45) is 1.34. The summed E-state index contributed by atoms with van der Waals surface area (Å²) in [6.45, 7) is 1.68. The largest absolute Gasteiger partial charge is 0.508 e. The average molecular weight is 272 g/mol. The molecule has 1 atom stereocenters. The summed E-state index contributed by atoms with van der Waals surface area (Å²) in [5.74, 6) is 1.02. The third-order valence-electron chi connectivity index (χ3n) is 3.44. The van der Waals surface area contributed by atoms with E-state index in [-0.39, 0.29) is 11.6 Å². The van der Waals surface area contributed by atoms with Gasteiger partial charge in [-0.1, -0.05) is 6.07 Å². The molecule has 1 saturated heterocycles. The zero-order valence-electron chi connectivity index (χ0n) is 10.9. The van der Waals surface area contributed by atoms with Gasteiger partial charge < -0.3 is 20.5 Å². The van der Waals surface area contributed by atoms with E-state index >= 15 is 0 Å². The summed E-state index contributed by atoms with van der Waals surface area (Å²) in [5, 5.41) is 19.1. The van der Waals surface area contributed by atoms with Crippen LogP contribution in [0.4, 0.5) is 5.82 Å². The molecule has 1 aliphatic rings. The first-order chi connectivity index (χ1) is 9.65. The predicted molar refractivity (Wildman–Crippen MR) is 77.3 cm³/mol. The predicted octanol–water partition coefficient (Wildman–Crippen LogP) is 1.08. The van der Waals surface area contributed by atoms with Crippen LogP contribution in [0, 0.1) is 5.41 Å². The van der Waals surface area contributed by atoms with Crippen molar-refractivity contribution in [2.75, 3.05) is 24.6 Å². The lowest BCUT2D eigenvalue weighted by atomic mass is 10.1. The van der Waals surface area contributed by atoms with Crippen molar-refractivity contribution in [2.24, 2.45) is 5.73 Å². The number of phenols is 1. The van der Waals surface area contributed by atoms with Crippen LogP contribution >= 0.6 is 0 Å². The molecule has 1 aromatic carbocycles. The number of aromatic nitrogens is 1. The highest BCUT2D eigenvalue weighted by Gasteiger charge is 2.24. The van der Waals surface area contributed by atoms with Gasteiger partial charge in [0.25, 0.3) is 0 Å². The second-order valence-corrected chi connectivity index (χ2v) is 4.80. The molecule has 20 heavy (non-hydrogen) atoms. The molecule has 0 amide bonds. The van der Waals surface area contributed by atoms with Crippen molar-refractivity contribution in [2.45, 2.75) is 6.10 Å². The van der Waals surface area contributed by atoms with E-state index in [4.69, 9.17) is 15.9 Å². The highest BCUT2D eigenvalue weighted by molar-refractivity contribution is 5.93. The molecule has 0 radical (unpaired) electrons. The molecule has 2 aromatic rings. The van der Waals surface area contributed by atoms with Crippen LogP contribution in [0.25, 0.3) is 10.8 Å². The number of fused-ring (bicyclic) bond motifs is 1. The molecule has 1 aromatic heterocycles. The highest BCUT2D eigenvalue weighted by Crippen LogP contribution is 2.28. The van der Waals surface area contributed by atoms with Crippen LogP contribution in [0.3, 0.4) is 0 Å². The van der Waals surface area contributed by atoms with Gasteiger partial charge in [0.1, 0.15) is 23.5 Å². The number of phenolic OH excluding ortho intramolecular Hbond substituents is 1. The Kier molecular flexibility index (Phi) is 3.15. The fourth-order valence-electron chi connectivity index (χ4n) is 2.42. The molecular weight excluding hydrogens is 256 g/mol. The molecule has 6 heteroatoms. The molecule has 1 fully saturated rings. The molecule has 4 N–H and O–H groups in total. The summed E-state index contributed by atoms with van der Waals surface area (Å²) in [6, 6.07) is 7.12. The first-order valence-corrected chi connectivity index (χ1v) is 6.43. The number of benzene rings is 1. The maximum absolute atomic E-state index is 9.67. The normalized spacial score (nSPS) is 19.2. The molecular formula is C14H16N4O2. The van der Waals surface area contributed by atoms with Gasteiger partial charge in [-0.3, -0.25) is 5.41 Å². The van der Waals surface area contributed by atoms with Crippen molar-refractivity contribution >= 4 is 22.4 Å². The van der Waals surface area contributed by atoms with E-state index in [1.165, 1.54) is 0 Å². The smallest absolute Gasteiger partial charge is 0.136 e. The summed E-state index contributed by atoms with van der Waals surface area (Å²) >= 11 is 0. The Bertz CT molecular complexity index is 659. The monoisotopic (exact) mass is 272 g/mol. The topological polar surface area (TPSA) is 95.5 Å². The van der Waals surface area contributed by atoms with Gasteiger partial charge in [0.2, 0.25) is 0 Å². The lowest BCUT2D eigenvalue weighted by molar-refractivity contribution is 0.0824. The Hall–Kier alpha value is -2.34. The maximum Gasteiger partial charge on any atom is 0.136 e. The van der Waals surface area contributed by atoms with E-state index in [0.29, 0.717) is 19.7 Å². The minimum Gasteiger partial charge on any atom is -0.508 e. The third kappa shape index (κ3) is 2.25. The third-order valence-corrected chi connectivity index (χ3v) is 3.44. The van der Waals surface area contributed by atoms with Gasteiger partial charge in [-0.25, -0.2) is 4.98 Å². The number of hydrogen-bond acceptors (Lipinski definition) is 5. The van der Waals surface area contributed by atoms with Gasteiger partial charge in [-0.2, -0.15) is 0 Å². The Morgan fingerprint density at radius 3 is 3.10 bits per heavy atom. The molecule has 0 aliphatic carbocycles. The molecule has 1 aliphatic heterocycles. The minimum absolute atomic E-state index is 0.0257. The second-order valence-electron chi connectivity index (χ2n) is 4.80. The average Bonchev–Trinajstić information content (AvgIpc) is 2.46. The van der Waals surface area contributed by atoms with Gasteiger partial charge in [-0.15, -0.1) is 0 Å². The number of nitrogens with zero attached hydrogens (tertiary/aromatic N) is 2. The van der Waals surface area contributed by atoms with Crippen LogP contribution in [0.1, 0.15) is 0 Å². The number of rotatable bonds is 2. The lowest BCUT2D eigenvalue weighted by Gasteiger charge is -2.33. The van der Waals surface area contributed by atoms with Gasteiger partial charge in [0.05, 0.1) is 13.2 Å². The van der Waals surface area contributed by atoms with Crippen molar-refractivity contribution in [3.05, 3.63) is 30.5 Å². The molecule has 0 bridgehead atoms. The molecule has 2 heterocycles. The van der Waals surface area contributed by atoms with E-state index < -0.39 is 6.10 Å². The number of morpholine rings is 1. The van der Waals surface area contributed by atoms with Crippen molar-refractivity contribution in [1.82, 2.24) is 4.98 Å². The molecule has 3 rings (SSSR count). The van der Waals surface area contributed by atoms with Crippen LogP contribution in [0.15, 0.2) is 30.5 Å². The highest BCUT2D eigenvalue weighted by atomic mass is 16.5. The molecule has 104 valence electrons. The minimum atomic E-state index is -0.405. The van der Waals surface area contributed by atoms with Gasteiger partial charge in [0.15, 0.2) is 0 Å². The maximum atomic E-state index is 9.67. The van der Waals surface area contributed by atoms with E-state index in [1.54, 1.807) is 18.3 Å². The first kappa shape index (κ1) is 12.7. The van der Waals surface area contributed by atoms with E-state index in [1.807, 2.05) is 17.0 Å². The Morgan fingerprint density at radius 2 is 2.30 bits per heavy atom. The summed E-state index contributed by atoms with van der Waals surface area (Å²) in [5.41, 5.74) is 5.52. The van der Waals surface area contributed by atoms with Gasteiger partial charge in [-0.05, 0) is 23.6 Å². The van der Waals surface area contributed by atoms with Crippen LogP contribution < -0.4 is 10.6 Å². The van der Waals surface area contributed by atoms with Crippen molar-refractivity contribution in [3.8, 4) is 5.75 Å². The van der Waals surface area contributed by atoms with Crippen LogP contribution in [0.5, 0.6) is 5.75 Å². The number of ether oxygens (including phenoxy) is 1. The molecule has 0 spiro atoms. The number of anilines is 1. The number of aromatic hydroxyl groups is 1. The number of nitrogens with one attached hydrogen (secondary N) is 1. The SMILES string of the molecule is N=C(N)C1CN(c2nccc3ccc(O)cc23)CCO1. The number of amidine groups is 1. The molecule has 6 nitrogen and oxygen atoms in total. The standard InChI is InChI=1S/C14H16N4O2/c15-13(16)12-8-18(5-6-20-12)14-11-7-10(19)2-1-9(11)3-4-17-14/h1-4,7,12,19H,5-6,8H2,(H3,15,16). The van der Waals surface area contributed by atoms with Crippen LogP contribution in [0.2, 0.25) is 0 Å². The summed E-state index contributed by atoms with van der Waals surface area (Å²) in [7, 11) is 0. The summed E-state index contributed by atoms with van der Waals surface area (Å²) in [4.78, 5) is 6.45. The Labute approximate surface area is 116 Å². The second kappa shape index (κ2) is 4.97. The number of pyridine rings is 1. The zero-order valence-corrected chi connectivity index (χ0v) is 10.9. The molecule has 0 saturated carbocycles. The molecule has 1 unspecified atom stereocenters. The van der Waals surface area contributed by atoms with E-state index in [9.17, 15) is 5.11 Å². The van der Waals surface area contributed by atoms with Crippen molar-refractivity contribution in [1.29, 1.82) is 5.41 Å². The van der Waals surface area contributed by atoms with Gasteiger partial charge in [0, 0.05) is 18.1 Å². The van der Waals surface area contributed by atoms with Crippen LogP contribution in [-0.2, 0) is 4.74 Å². The zero-order chi connectivity index (χ0) is 14.1. The Balaban J connectivity index is 2.01. The Morgan fingerprint density at radius 1 is 1.45 bits per heavy atom. The fraction of sp³-hybridized carbons (Fsp3) is 0.286. The van der Waals surface area contributed by atoms with Crippen LogP contribution in [-0.4, -0.2) is 41.7 Å². The van der Waals surface area contributed by atoms with E-state index in [2.05, 4.69) is 4.98 Å². The van der Waals surface area contributed by atoms with Crippen molar-refractivity contribution in [3.63, 3.8) is 0 Å². The van der Waals surface area contributed by atoms with Crippen molar-refractivity contribution < 1.29 is 9.84 Å². The summed E-state index contributed by atoms with van der Waals surface area (Å²) < 4.78 is 5.46. The van der Waals surface area contributed by atoms with Gasteiger partial charge >= 0.3 is 0 Å². The fourth-order valence-corrected chi connectivity index (χ4v) is 2.42. The lowest BCUT2D eigenvalue weighted by Crippen LogP contribution is -2.48. The first-order valence-electron chi connectivity index (χ1n) is 6.43. The number of nitrogens with two attached hydrogens (primary N) is 1. The number of hydrogen-bond donors (Lipinski definition) is 3. The van der Waals surface area contributed by atoms with E-state index in [0.717, 1.165) is 16.6 Å².